The molecule has 0 bridgehead atoms. The van der Waals surface area contributed by atoms with Crippen molar-refractivity contribution in [2.45, 2.75) is 40.2 Å². The van der Waals surface area contributed by atoms with Crippen LogP contribution >= 0.6 is 0 Å². The van der Waals surface area contributed by atoms with Gasteiger partial charge in [0, 0.05) is 6.04 Å². The largest absolute Gasteiger partial charge is 0.481 e. The molecule has 0 saturated carbocycles. The smallest absolute Gasteiger partial charge is 0.344 e. The van der Waals surface area contributed by atoms with Crippen LogP contribution in [0.25, 0.3) is 0 Å². The Balaban J connectivity index is 2.33. The predicted molar refractivity (Wildman–Crippen MR) is 88.8 cm³/mol. The van der Waals surface area contributed by atoms with Gasteiger partial charge in [0.1, 0.15) is 5.75 Å². The second-order valence-electron chi connectivity index (χ2n) is 5.50. The Kier molecular flexibility index (Phi) is 7.74. The Labute approximate surface area is 141 Å². The van der Waals surface area contributed by atoms with Gasteiger partial charge in [-0.2, -0.15) is 0 Å². The van der Waals surface area contributed by atoms with Gasteiger partial charge in [-0.05, 0) is 38.3 Å². The Morgan fingerprint density at radius 3 is 2.33 bits per heavy atom. The summed E-state index contributed by atoms with van der Waals surface area (Å²) >= 11 is 0. The van der Waals surface area contributed by atoms with E-state index in [0.717, 1.165) is 17.5 Å². The summed E-state index contributed by atoms with van der Waals surface area (Å²) in [6.45, 7) is 6.62. The molecule has 7 heteroatoms. The third kappa shape index (κ3) is 6.68. The van der Waals surface area contributed by atoms with Crippen molar-refractivity contribution in [2.75, 3.05) is 13.2 Å². The monoisotopic (exact) mass is 336 g/mol. The zero-order chi connectivity index (χ0) is 18.1. The van der Waals surface area contributed by atoms with Crippen molar-refractivity contribution in [1.82, 2.24) is 10.6 Å². The van der Waals surface area contributed by atoms with Gasteiger partial charge in [-0.25, -0.2) is 9.59 Å². The third-order valence-electron chi connectivity index (χ3n) is 3.35. The standard InChI is InChI=1S/C17H24N2O5/c1-5-13(4)18-17(22)19-14(20)9-23-15(21)10-24-16-11(2)7-6-8-12(16)3/h6-8,13H,5,9-10H2,1-4H3,(H2,18,19,20,22)/t13-/m0/s1. The lowest BCUT2D eigenvalue weighted by atomic mass is 10.1. The highest BCUT2D eigenvalue weighted by Gasteiger charge is 2.13. The first kappa shape index (κ1) is 19.5. The van der Waals surface area contributed by atoms with E-state index >= 15 is 0 Å². The number of hydrogen-bond donors (Lipinski definition) is 2. The molecule has 3 amide bonds. The summed E-state index contributed by atoms with van der Waals surface area (Å²) in [5.41, 5.74) is 1.81. The second-order valence-corrected chi connectivity index (χ2v) is 5.50. The van der Waals surface area contributed by atoms with Crippen molar-refractivity contribution in [3.63, 3.8) is 0 Å². The Morgan fingerprint density at radius 2 is 1.75 bits per heavy atom. The topological polar surface area (TPSA) is 93.7 Å². The summed E-state index contributed by atoms with van der Waals surface area (Å²) in [5.74, 6) is -0.766. The van der Waals surface area contributed by atoms with E-state index in [1.54, 1.807) is 0 Å². The molecule has 7 nitrogen and oxygen atoms in total. The summed E-state index contributed by atoms with van der Waals surface area (Å²) in [6, 6.07) is 4.97. The number of rotatable bonds is 7. The number of urea groups is 1. The number of imide groups is 1. The first-order valence-electron chi connectivity index (χ1n) is 7.78. The van der Waals surface area contributed by atoms with Crippen LogP contribution in [0.1, 0.15) is 31.4 Å². The number of esters is 1. The maximum atomic E-state index is 11.6. The van der Waals surface area contributed by atoms with E-state index in [1.165, 1.54) is 0 Å². The minimum atomic E-state index is -0.698. The lowest BCUT2D eigenvalue weighted by Crippen LogP contribution is -2.44. The van der Waals surface area contributed by atoms with Crippen LogP contribution in [0.3, 0.4) is 0 Å². The molecule has 1 aromatic carbocycles. The summed E-state index contributed by atoms with van der Waals surface area (Å²) in [7, 11) is 0. The van der Waals surface area contributed by atoms with Crippen molar-refractivity contribution in [1.29, 1.82) is 0 Å². The van der Waals surface area contributed by atoms with Crippen LogP contribution in [-0.4, -0.2) is 37.2 Å². The molecule has 0 aromatic heterocycles. The Morgan fingerprint density at radius 1 is 1.12 bits per heavy atom. The fraction of sp³-hybridized carbons (Fsp3) is 0.471. The molecule has 1 aromatic rings. The fourth-order valence-corrected chi connectivity index (χ4v) is 1.87. The molecule has 2 N–H and O–H groups in total. The average Bonchev–Trinajstić information content (AvgIpc) is 2.52. The zero-order valence-electron chi connectivity index (χ0n) is 14.5. The minimum Gasteiger partial charge on any atom is -0.481 e. The number of nitrogens with one attached hydrogen (secondary N) is 2. The minimum absolute atomic E-state index is 0.0499. The van der Waals surface area contributed by atoms with Crippen molar-refractivity contribution in [2.24, 2.45) is 0 Å². The molecular weight excluding hydrogens is 312 g/mol. The Hall–Kier alpha value is -2.57. The molecule has 0 unspecified atom stereocenters. The van der Waals surface area contributed by atoms with E-state index in [-0.39, 0.29) is 12.6 Å². The summed E-state index contributed by atoms with van der Waals surface area (Å²) in [5, 5.41) is 4.66. The number of benzene rings is 1. The van der Waals surface area contributed by atoms with Gasteiger partial charge in [0.25, 0.3) is 5.91 Å². The molecule has 0 spiro atoms. The highest BCUT2D eigenvalue weighted by Crippen LogP contribution is 2.22. The lowest BCUT2D eigenvalue weighted by Gasteiger charge is -2.12. The molecule has 0 heterocycles. The molecule has 1 rings (SSSR count). The maximum absolute atomic E-state index is 11.6. The fourth-order valence-electron chi connectivity index (χ4n) is 1.87. The maximum Gasteiger partial charge on any atom is 0.344 e. The molecule has 0 aliphatic rings. The quantitative estimate of drug-likeness (QED) is 0.741. The molecule has 24 heavy (non-hydrogen) atoms. The molecule has 0 saturated heterocycles. The molecular formula is C17H24N2O5. The van der Waals surface area contributed by atoms with Gasteiger partial charge in [-0.1, -0.05) is 25.1 Å². The number of amides is 3. The van der Waals surface area contributed by atoms with Crippen molar-refractivity contribution in [3.05, 3.63) is 29.3 Å². The first-order chi connectivity index (χ1) is 11.3. The van der Waals surface area contributed by atoms with E-state index in [4.69, 9.17) is 9.47 Å². The summed E-state index contributed by atoms with van der Waals surface area (Å²) in [6.07, 6.45) is 0.742. The van der Waals surface area contributed by atoms with Crippen LogP contribution in [0, 0.1) is 13.8 Å². The van der Waals surface area contributed by atoms with Crippen LogP contribution in [0.2, 0.25) is 0 Å². The average molecular weight is 336 g/mol. The highest BCUT2D eigenvalue weighted by atomic mass is 16.6. The van der Waals surface area contributed by atoms with E-state index in [0.29, 0.717) is 5.75 Å². The van der Waals surface area contributed by atoms with Crippen LogP contribution in [0.4, 0.5) is 4.79 Å². The zero-order valence-corrected chi connectivity index (χ0v) is 14.5. The third-order valence-corrected chi connectivity index (χ3v) is 3.35. The van der Waals surface area contributed by atoms with Crippen LogP contribution in [-0.2, 0) is 14.3 Å². The van der Waals surface area contributed by atoms with E-state index in [9.17, 15) is 14.4 Å². The summed E-state index contributed by atoms with van der Waals surface area (Å²) in [4.78, 5) is 34.6. The second kappa shape index (κ2) is 9.54. The van der Waals surface area contributed by atoms with E-state index in [1.807, 2.05) is 45.9 Å². The van der Waals surface area contributed by atoms with Crippen LogP contribution < -0.4 is 15.4 Å². The van der Waals surface area contributed by atoms with Gasteiger partial charge in [0.05, 0.1) is 0 Å². The predicted octanol–water partition coefficient (Wildman–Crippen LogP) is 1.85. The number of hydrogen-bond acceptors (Lipinski definition) is 5. The Bertz CT molecular complexity index is 580. The first-order valence-corrected chi connectivity index (χ1v) is 7.78. The number of aryl methyl sites for hydroxylation is 2. The van der Waals surface area contributed by atoms with Gasteiger partial charge in [0.15, 0.2) is 13.2 Å². The van der Waals surface area contributed by atoms with Gasteiger partial charge in [0.2, 0.25) is 0 Å². The van der Waals surface area contributed by atoms with E-state index < -0.39 is 24.5 Å². The van der Waals surface area contributed by atoms with E-state index in [2.05, 4.69) is 10.6 Å². The molecule has 0 fully saturated rings. The normalized spacial score (nSPS) is 11.3. The molecule has 0 aliphatic heterocycles. The van der Waals surface area contributed by atoms with Gasteiger partial charge in [-0.15, -0.1) is 0 Å². The van der Waals surface area contributed by atoms with Gasteiger partial charge < -0.3 is 14.8 Å². The van der Waals surface area contributed by atoms with Crippen molar-refractivity contribution < 1.29 is 23.9 Å². The molecule has 0 radical (unpaired) electrons. The van der Waals surface area contributed by atoms with Gasteiger partial charge in [-0.3, -0.25) is 10.1 Å². The SMILES string of the molecule is CC[C@H](C)NC(=O)NC(=O)COC(=O)COc1c(C)cccc1C. The van der Waals surface area contributed by atoms with Crippen LogP contribution in [0.15, 0.2) is 18.2 Å². The molecule has 0 aliphatic carbocycles. The van der Waals surface area contributed by atoms with Gasteiger partial charge >= 0.3 is 12.0 Å². The van der Waals surface area contributed by atoms with Crippen molar-refractivity contribution >= 4 is 17.9 Å². The van der Waals surface area contributed by atoms with Crippen molar-refractivity contribution in [3.8, 4) is 5.75 Å². The number of carbonyl (C=O) groups is 3. The molecule has 132 valence electrons. The lowest BCUT2D eigenvalue weighted by molar-refractivity contribution is -0.150. The molecule has 1 atom stereocenters. The highest BCUT2D eigenvalue weighted by molar-refractivity contribution is 5.95. The number of carbonyl (C=O) groups excluding carboxylic acids is 3. The summed E-state index contributed by atoms with van der Waals surface area (Å²) < 4.78 is 10.2. The number of para-hydroxylation sites is 1. The number of ether oxygens (including phenoxy) is 2. The van der Waals surface area contributed by atoms with Crippen LogP contribution in [0.5, 0.6) is 5.75 Å².